The first-order chi connectivity index (χ1) is 13.5. The number of nitrogens with zero attached hydrogens (tertiary/aromatic N) is 3. The Labute approximate surface area is 169 Å². The maximum absolute atomic E-state index is 13.1. The highest BCUT2D eigenvalue weighted by Crippen LogP contribution is 2.35. The van der Waals surface area contributed by atoms with Gasteiger partial charge in [0.2, 0.25) is 5.91 Å². The number of nitrogens with one attached hydrogen (secondary N) is 1. The van der Waals surface area contributed by atoms with Gasteiger partial charge in [0, 0.05) is 17.3 Å². The van der Waals surface area contributed by atoms with Crippen LogP contribution in [-0.4, -0.2) is 53.1 Å². The minimum absolute atomic E-state index is 0.0733. The van der Waals surface area contributed by atoms with E-state index in [-0.39, 0.29) is 37.0 Å². The van der Waals surface area contributed by atoms with Gasteiger partial charge in [-0.15, -0.1) is 11.3 Å². The number of likely N-dealkylation sites (N-methyl/N-ethyl adjacent to an activating group) is 1. The summed E-state index contributed by atoms with van der Waals surface area (Å²) in [6.45, 7) is 6.70. The minimum Gasteiger partial charge on any atom is -0.463 e. The Hall–Kier alpha value is -2.45. The van der Waals surface area contributed by atoms with Crippen molar-refractivity contribution in [1.82, 2.24) is 15.2 Å². The lowest BCUT2D eigenvalue weighted by Crippen LogP contribution is -2.44. The molecule has 28 heavy (non-hydrogen) atoms. The monoisotopic (exact) mass is 402 g/mol. The number of hydrogen-bond donors (Lipinski definition) is 1. The minimum atomic E-state index is -0.143. The third-order valence-corrected chi connectivity index (χ3v) is 5.44. The molecule has 8 heteroatoms. The second-order valence-electron chi connectivity index (χ2n) is 7.02. The molecule has 0 saturated heterocycles. The summed E-state index contributed by atoms with van der Waals surface area (Å²) >= 11 is 1.61. The van der Waals surface area contributed by atoms with E-state index in [2.05, 4.69) is 10.4 Å². The molecule has 1 aliphatic rings. The molecule has 3 heterocycles. The first-order valence-electron chi connectivity index (χ1n) is 9.46. The van der Waals surface area contributed by atoms with Crippen LogP contribution in [0.1, 0.15) is 43.9 Å². The highest BCUT2D eigenvalue weighted by molar-refractivity contribution is 7.10. The molecule has 3 rings (SSSR count). The second kappa shape index (κ2) is 9.16. The zero-order valence-corrected chi connectivity index (χ0v) is 17.2. The van der Waals surface area contributed by atoms with Gasteiger partial charge in [0.1, 0.15) is 11.5 Å². The number of hydrazone groups is 1. The second-order valence-corrected chi connectivity index (χ2v) is 8.00. The van der Waals surface area contributed by atoms with E-state index in [9.17, 15) is 9.59 Å². The fourth-order valence-electron chi connectivity index (χ4n) is 3.15. The van der Waals surface area contributed by atoms with Crippen molar-refractivity contribution < 1.29 is 14.0 Å². The standard InChI is InChI=1S/C20H26N4O3S/c1-4-23(12-19(25)21-14(2)3)13-20(26)24-16(18-8-6-10-28-18)11-15(22-24)17-7-5-9-27-17/h5-10,14,16H,4,11-13H2,1-3H3,(H,21,25). The van der Waals surface area contributed by atoms with Gasteiger partial charge >= 0.3 is 0 Å². The summed E-state index contributed by atoms with van der Waals surface area (Å²) in [4.78, 5) is 28.0. The molecule has 0 saturated carbocycles. The number of amides is 2. The van der Waals surface area contributed by atoms with Crippen LogP contribution in [0.25, 0.3) is 0 Å². The quantitative estimate of drug-likeness (QED) is 0.736. The van der Waals surface area contributed by atoms with E-state index in [0.29, 0.717) is 18.7 Å². The highest BCUT2D eigenvalue weighted by Gasteiger charge is 2.35. The number of rotatable bonds is 8. The third kappa shape index (κ3) is 4.88. The van der Waals surface area contributed by atoms with Crippen LogP contribution >= 0.6 is 11.3 Å². The summed E-state index contributed by atoms with van der Waals surface area (Å²) in [5, 5.41) is 11.0. The number of furan rings is 1. The van der Waals surface area contributed by atoms with Gasteiger partial charge in [0.25, 0.3) is 5.91 Å². The van der Waals surface area contributed by atoms with E-state index >= 15 is 0 Å². The molecule has 1 atom stereocenters. The van der Waals surface area contributed by atoms with Crippen LogP contribution in [0.3, 0.4) is 0 Å². The number of thiophene rings is 1. The summed E-state index contributed by atoms with van der Waals surface area (Å²) in [7, 11) is 0. The van der Waals surface area contributed by atoms with Crippen molar-refractivity contribution in [2.45, 2.75) is 39.3 Å². The molecule has 7 nitrogen and oxygen atoms in total. The Bertz CT molecular complexity index is 815. The van der Waals surface area contributed by atoms with Crippen molar-refractivity contribution in [3.63, 3.8) is 0 Å². The van der Waals surface area contributed by atoms with Crippen LogP contribution in [-0.2, 0) is 9.59 Å². The summed E-state index contributed by atoms with van der Waals surface area (Å²) < 4.78 is 5.47. The molecule has 1 unspecified atom stereocenters. The molecule has 0 aliphatic carbocycles. The van der Waals surface area contributed by atoms with Gasteiger partial charge in [0.05, 0.1) is 25.4 Å². The first kappa shape index (κ1) is 20.3. The van der Waals surface area contributed by atoms with Crippen LogP contribution in [0, 0.1) is 0 Å². The van der Waals surface area contributed by atoms with Crippen molar-refractivity contribution in [2.24, 2.45) is 5.10 Å². The van der Waals surface area contributed by atoms with Gasteiger partial charge in [-0.3, -0.25) is 14.5 Å². The van der Waals surface area contributed by atoms with Gasteiger partial charge in [0.15, 0.2) is 0 Å². The van der Waals surface area contributed by atoms with Crippen molar-refractivity contribution in [2.75, 3.05) is 19.6 Å². The number of carbonyl (C=O) groups excluding carboxylic acids is 2. The number of hydrogen-bond acceptors (Lipinski definition) is 6. The van der Waals surface area contributed by atoms with Crippen molar-refractivity contribution in [3.8, 4) is 0 Å². The summed E-state index contributed by atoms with van der Waals surface area (Å²) in [6, 6.07) is 7.59. The highest BCUT2D eigenvalue weighted by atomic mass is 32.1. The fourth-order valence-corrected chi connectivity index (χ4v) is 3.96. The predicted octanol–water partition coefficient (Wildman–Crippen LogP) is 2.87. The maximum Gasteiger partial charge on any atom is 0.257 e. The van der Waals surface area contributed by atoms with Gasteiger partial charge in [-0.25, -0.2) is 5.01 Å². The van der Waals surface area contributed by atoms with E-state index in [1.807, 2.05) is 55.3 Å². The lowest BCUT2D eigenvalue weighted by molar-refractivity contribution is -0.134. The topological polar surface area (TPSA) is 78.2 Å². The largest absolute Gasteiger partial charge is 0.463 e. The first-order valence-corrected chi connectivity index (χ1v) is 10.3. The molecule has 0 radical (unpaired) electrons. The molecule has 1 aliphatic heterocycles. The van der Waals surface area contributed by atoms with Gasteiger partial charge in [-0.05, 0) is 44.0 Å². The molecular formula is C20H26N4O3S. The Morgan fingerprint density at radius 3 is 2.79 bits per heavy atom. The van der Waals surface area contributed by atoms with E-state index in [4.69, 9.17) is 4.42 Å². The molecule has 2 aromatic heterocycles. The third-order valence-electron chi connectivity index (χ3n) is 4.47. The molecule has 2 amide bonds. The van der Waals surface area contributed by atoms with Crippen LogP contribution in [0.15, 0.2) is 45.4 Å². The summed E-state index contributed by atoms with van der Waals surface area (Å²) in [5.41, 5.74) is 0.761. The van der Waals surface area contributed by atoms with E-state index in [1.165, 1.54) is 0 Å². The van der Waals surface area contributed by atoms with Gasteiger partial charge in [-0.2, -0.15) is 5.10 Å². The SMILES string of the molecule is CCN(CC(=O)NC(C)C)CC(=O)N1N=C(c2ccco2)CC1c1cccs1. The zero-order valence-electron chi connectivity index (χ0n) is 16.4. The predicted molar refractivity (Wildman–Crippen MR) is 109 cm³/mol. The van der Waals surface area contributed by atoms with E-state index < -0.39 is 0 Å². The van der Waals surface area contributed by atoms with Crippen molar-refractivity contribution in [3.05, 3.63) is 46.5 Å². The maximum atomic E-state index is 13.1. The Balaban J connectivity index is 1.73. The van der Waals surface area contributed by atoms with Gasteiger partial charge in [-0.1, -0.05) is 13.0 Å². The Morgan fingerprint density at radius 2 is 2.18 bits per heavy atom. The summed E-state index contributed by atoms with van der Waals surface area (Å²) in [5.74, 6) is 0.473. The molecule has 0 aromatic carbocycles. The Morgan fingerprint density at radius 1 is 1.36 bits per heavy atom. The molecule has 1 N–H and O–H groups in total. The van der Waals surface area contributed by atoms with Crippen LogP contribution < -0.4 is 5.32 Å². The smallest absolute Gasteiger partial charge is 0.257 e. The molecule has 0 fully saturated rings. The average Bonchev–Trinajstić information content (AvgIpc) is 3.40. The van der Waals surface area contributed by atoms with Crippen molar-refractivity contribution in [1.29, 1.82) is 0 Å². The van der Waals surface area contributed by atoms with Crippen molar-refractivity contribution >= 4 is 28.9 Å². The zero-order chi connectivity index (χ0) is 20.1. The average molecular weight is 403 g/mol. The molecule has 0 bridgehead atoms. The van der Waals surface area contributed by atoms with E-state index in [0.717, 1.165) is 10.6 Å². The Kier molecular flexibility index (Phi) is 6.64. The summed E-state index contributed by atoms with van der Waals surface area (Å²) in [6.07, 6.45) is 2.22. The van der Waals surface area contributed by atoms with Crippen LogP contribution in [0.5, 0.6) is 0 Å². The lowest BCUT2D eigenvalue weighted by Gasteiger charge is -2.25. The normalized spacial score (nSPS) is 16.7. The number of carbonyl (C=O) groups is 2. The fraction of sp³-hybridized carbons (Fsp3) is 0.450. The molecular weight excluding hydrogens is 376 g/mol. The molecule has 150 valence electrons. The molecule has 2 aromatic rings. The van der Waals surface area contributed by atoms with Gasteiger partial charge < -0.3 is 9.73 Å². The van der Waals surface area contributed by atoms with Crippen LogP contribution in [0.2, 0.25) is 0 Å². The van der Waals surface area contributed by atoms with E-state index in [1.54, 1.807) is 22.6 Å². The van der Waals surface area contributed by atoms with Crippen LogP contribution in [0.4, 0.5) is 0 Å². The lowest BCUT2D eigenvalue weighted by atomic mass is 10.1. The molecule has 0 spiro atoms.